The van der Waals surface area contributed by atoms with E-state index in [-0.39, 0.29) is 31.6 Å². The second-order valence-electron chi connectivity index (χ2n) is 9.42. The largest absolute Gasteiger partial charge is 0.508 e. The molecule has 4 atom stereocenters. The molecule has 0 saturated carbocycles. The lowest BCUT2D eigenvalue weighted by Crippen LogP contribution is -2.52. The number of alkyl halides is 3. The molecule has 216 valence electrons. The van der Waals surface area contributed by atoms with E-state index in [1.807, 2.05) is 19.1 Å². The number of carbonyl (C=O) groups excluding carboxylic acids is 1. The SMILES string of the molecule is CCc1ccc(Cc2c(O[C@@H]3O[C@H](COC(=O)OC)C[C@H](O)[C@H]3O)nn(Cc3ccccc3)c2C(F)(F)F)cc1. The summed E-state index contributed by atoms with van der Waals surface area (Å²) in [6.07, 6.45) is -10.7. The van der Waals surface area contributed by atoms with Crippen molar-refractivity contribution in [2.24, 2.45) is 0 Å². The Kier molecular flexibility index (Phi) is 9.33. The molecule has 9 nitrogen and oxygen atoms in total. The fourth-order valence-corrected chi connectivity index (χ4v) is 4.47. The van der Waals surface area contributed by atoms with E-state index < -0.39 is 48.5 Å². The number of aliphatic hydroxyl groups excluding tert-OH is 2. The molecule has 12 heteroatoms. The highest BCUT2D eigenvalue weighted by Crippen LogP contribution is 2.39. The van der Waals surface area contributed by atoms with Crippen LogP contribution in [0.4, 0.5) is 18.0 Å². The van der Waals surface area contributed by atoms with E-state index in [0.29, 0.717) is 11.1 Å². The van der Waals surface area contributed by atoms with E-state index in [2.05, 4.69) is 9.84 Å². The number of benzene rings is 2. The normalized spacial score (nSPS) is 21.2. The van der Waals surface area contributed by atoms with Crippen molar-refractivity contribution in [2.75, 3.05) is 13.7 Å². The molecule has 0 spiro atoms. The van der Waals surface area contributed by atoms with Crippen molar-refractivity contribution in [3.63, 3.8) is 0 Å². The Balaban J connectivity index is 1.71. The number of rotatable bonds is 9. The van der Waals surface area contributed by atoms with E-state index in [1.54, 1.807) is 42.5 Å². The van der Waals surface area contributed by atoms with Gasteiger partial charge in [-0.1, -0.05) is 61.5 Å². The maximum Gasteiger partial charge on any atom is 0.508 e. The number of aromatic nitrogens is 2. The number of hydrogen-bond donors (Lipinski definition) is 2. The van der Waals surface area contributed by atoms with Crippen LogP contribution in [0.5, 0.6) is 5.88 Å². The van der Waals surface area contributed by atoms with Crippen LogP contribution in [0.2, 0.25) is 0 Å². The van der Waals surface area contributed by atoms with Crippen molar-refractivity contribution in [1.82, 2.24) is 9.78 Å². The van der Waals surface area contributed by atoms with Crippen LogP contribution in [0.1, 0.15) is 41.3 Å². The van der Waals surface area contributed by atoms with Gasteiger partial charge in [0.05, 0.1) is 31.4 Å². The molecule has 0 bridgehead atoms. The second-order valence-corrected chi connectivity index (χ2v) is 9.42. The highest BCUT2D eigenvalue weighted by atomic mass is 19.4. The number of halogens is 3. The van der Waals surface area contributed by atoms with Crippen molar-refractivity contribution < 1.29 is 47.1 Å². The number of aliphatic hydroxyl groups is 2. The lowest BCUT2D eigenvalue weighted by Gasteiger charge is -2.36. The van der Waals surface area contributed by atoms with Crippen molar-refractivity contribution in [3.05, 3.63) is 82.5 Å². The molecule has 4 rings (SSSR count). The lowest BCUT2D eigenvalue weighted by atomic mass is 10.0. The first-order valence-corrected chi connectivity index (χ1v) is 12.8. The van der Waals surface area contributed by atoms with E-state index in [0.717, 1.165) is 23.8 Å². The summed E-state index contributed by atoms with van der Waals surface area (Å²) >= 11 is 0. The summed E-state index contributed by atoms with van der Waals surface area (Å²) in [5.74, 6) is -0.395. The zero-order valence-corrected chi connectivity index (χ0v) is 22.0. The Labute approximate surface area is 229 Å². The number of carbonyl (C=O) groups is 1. The van der Waals surface area contributed by atoms with Gasteiger partial charge in [-0.15, -0.1) is 5.10 Å². The Bertz CT molecular complexity index is 1270. The van der Waals surface area contributed by atoms with Crippen molar-refractivity contribution >= 4 is 6.16 Å². The van der Waals surface area contributed by atoms with E-state index >= 15 is 0 Å². The monoisotopic (exact) mass is 564 g/mol. The van der Waals surface area contributed by atoms with E-state index in [1.165, 1.54) is 0 Å². The molecule has 1 aliphatic heterocycles. The number of ether oxygens (including phenoxy) is 4. The van der Waals surface area contributed by atoms with Gasteiger partial charge in [0.25, 0.3) is 0 Å². The molecule has 0 radical (unpaired) electrons. The zero-order chi connectivity index (χ0) is 28.9. The quantitative estimate of drug-likeness (QED) is 0.374. The predicted molar refractivity (Wildman–Crippen MR) is 136 cm³/mol. The standard InChI is InChI=1S/C28H31F3N2O7/c1-3-17-9-11-18(12-10-17)13-21-24(28(29,30)31)33(15-19-7-5-4-6-8-19)32-25(21)40-26-23(35)22(34)14-20(39-26)16-38-27(36)37-2/h4-12,20,22-23,26,34-35H,3,13-16H2,1-2H3/t20-,22-,23+,26-/m0/s1. The average Bonchev–Trinajstić information content (AvgIpc) is 3.27. The van der Waals surface area contributed by atoms with Crippen LogP contribution in [0.25, 0.3) is 0 Å². The van der Waals surface area contributed by atoms with Crippen molar-refractivity contribution in [3.8, 4) is 5.88 Å². The molecular formula is C28H31F3N2O7. The van der Waals surface area contributed by atoms with Crippen LogP contribution < -0.4 is 4.74 Å². The summed E-state index contributed by atoms with van der Waals surface area (Å²) in [5, 5.41) is 25.1. The summed E-state index contributed by atoms with van der Waals surface area (Å²) in [5.41, 5.74) is 0.976. The van der Waals surface area contributed by atoms with Gasteiger partial charge in [0, 0.05) is 12.8 Å². The molecule has 1 aliphatic rings. The Hall–Kier alpha value is -3.61. The summed E-state index contributed by atoms with van der Waals surface area (Å²) < 4.78 is 65.1. The predicted octanol–water partition coefficient (Wildman–Crippen LogP) is 4.10. The highest BCUT2D eigenvalue weighted by molar-refractivity contribution is 5.59. The molecule has 0 aliphatic carbocycles. The van der Waals surface area contributed by atoms with Crippen LogP contribution in [0, 0.1) is 0 Å². The molecule has 2 aromatic carbocycles. The van der Waals surface area contributed by atoms with Crippen LogP contribution in [0.3, 0.4) is 0 Å². The smallest absolute Gasteiger partial charge is 0.443 e. The summed E-state index contributed by atoms with van der Waals surface area (Å²) in [7, 11) is 1.12. The first-order valence-electron chi connectivity index (χ1n) is 12.8. The van der Waals surface area contributed by atoms with Crippen LogP contribution in [-0.4, -0.2) is 64.5 Å². The van der Waals surface area contributed by atoms with E-state index in [9.17, 15) is 28.2 Å². The number of aryl methyl sites for hydroxylation is 1. The topological polar surface area (TPSA) is 112 Å². The molecule has 1 fully saturated rings. The first kappa shape index (κ1) is 29.4. The molecule has 2 N–H and O–H groups in total. The third-order valence-corrected chi connectivity index (χ3v) is 6.56. The maximum atomic E-state index is 14.5. The number of methoxy groups -OCH3 is 1. The van der Waals surface area contributed by atoms with Crippen LogP contribution >= 0.6 is 0 Å². The Morgan fingerprint density at radius 2 is 1.75 bits per heavy atom. The lowest BCUT2D eigenvalue weighted by molar-refractivity contribution is -0.242. The minimum absolute atomic E-state index is 0.106. The highest BCUT2D eigenvalue weighted by Gasteiger charge is 2.43. The van der Waals surface area contributed by atoms with Gasteiger partial charge in [0.15, 0.2) is 0 Å². The molecular weight excluding hydrogens is 533 g/mol. The van der Waals surface area contributed by atoms with Gasteiger partial charge in [0.2, 0.25) is 12.2 Å². The van der Waals surface area contributed by atoms with Crippen LogP contribution in [-0.2, 0) is 39.8 Å². The fraction of sp³-hybridized carbons (Fsp3) is 0.429. The molecule has 2 heterocycles. The average molecular weight is 565 g/mol. The zero-order valence-electron chi connectivity index (χ0n) is 22.0. The summed E-state index contributed by atoms with van der Waals surface area (Å²) in [6, 6.07) is 15.7. The van der Waals surface area contributed by atoms with E-state index in [4.69, 9.17) is 14.2 Å². The number of nitrogens with zero attached hydrogens (tertiary/aromatic N) is 2. The third-order valence-electron chi connectivity index (χ3n) is 6.56. The molecule has 0 amide bonds. The second kappa shape index (κ2) is 12.7. The van der Waals surface area contributed by atoms with Gasteiger partial charge in [-0.3, -0.25) is 4.68 Å². The van der Waals surface area contributed by atoms with Gasteiger partial charge >= 0.3 is 12.3 Å². The fourth-order valence-electron chi connectivity index (χ4n) is 4.47. The van der Waals surface area contributed by atoms with Gasteiger partial charge in [-0.2, -0.15) is 13.2 Å². The molecule has 1 saturated heterocycles. The maximum absolute atomic E-state index is 14.5. The minimum Gasteiger partial charge on any atom is -0.443 e. The van der Waals surface area contributed by atoms with Crippen LogP contribution in [0.15, 0.2) is 54.6 Å². The minimum atomic E-state index is -4.79. The third kappa shape index (κ3) is 7.12. The van der Waals surface area contributed by atoms with Crippen molar-refractivity contribution in [2.45, 2.75) is 63.5 Å². The van der Waals surface area contributed by atoms with Gasteiger partial charge in [-0.25, -0.2) is 4.79 Å². The van der Waals surface area contributed by atoms with Crippen molar-refractivity contribution in [1.29, 1.82) is 0 Å². The van der Waals surface area contributed by atoms with Gasteiger partial charge in [-0.05, 0) is 23.1 Å². The molecule has 0 unspecified atom stereocenters. The molecule has 40 heavy (non-hydrogen) atoms. The number of hydrogen-bond acceptors (Lipinski definition) is 8. The van der Waals surface area contributed by atoms with Gasteiger partial charge in [0.1, 0.15) is 18.4 Å². The Morgan fingerprint density at radius 3 is 2.38 bits per heavy atom. The Morgan fingerprint density at radius 1 is 1.07 bits per heavy atom. The summed E-state index contributed by atoms with van der Waals surface area (Å²) in [4.78, 5) is 11.4. The van der Waals surface area contributed by atoms with Gasteiger partial charge < -0.3 is 29.2 Å². The summed E-state index contributed by atoms with van der Waals surface area (Å²) in [6.45, 7) is 1.46. The first-order chi connectivity index (χ1) is 19.1. The molecule has 3 aromatic rings. The molecule has 1 aromatic heterocycles.